The van der Waals surface area contributed by atoms with Gasteiger partial charge in [-0.05, 0) is 31.9 Å². The van der Waals surface area contributed by atoms with Crippen LogP contribution in [0.2, 0.25) is 0 Å². The molecule has 0 radical (unpaired) electrons. The Morgan fingerprint density at radius 3 is 3.00 bits per heavy atom. The van der Waals surface area contributed by atoms with E-state index in [1.165, 1.54) is 11.3 Å². The molecule has 1 fully saturated rings. The Hall–Kier alpha value is -1.92. The minimum Gasteiger partial charge on any atom is -0.486 e. The van der Waals surface area contributed by atoms with Gasteiger partial charge >= 0.3 is 0 Å². The number of para-hydroxylation sites is 1. The monoisotopic (exact) mass is 332 g/mol. The van der Waals surface area contributed by atoms with Gasteiger partial charge < -0.3 is 14.8 Å². The van der Waals surface area contributed by atoms with Crippen LogP contribution >= 0.6 is 11.3 Å². The normalized spacial score (nSPS) is 17.2. The summed E-state index contributed by atoms with van der Waals surface area (Å²) < 4.78 is 11.2. The van der Waals surface area contributed by atoms with E-state index in [9.17, 15) is 4.79 Å². The van der Waals surface area contributed by atoms with Crippen LogP contribution in [0.3, 0.4) is 0 Å². The lowest BCUT2D eigenvalue weighted by molar-refractivity contribution is 0.0860. The number of thiazole rings is 1. The number of hydrogen-bond donors (Lipinski definition) is 1. The van der Waals surface area contributed by atoms with Gasteiger partial charge in [-0.25, -0.2) is 4.98 Å². The molecule has 5 nitrogen and oxygen atoms in total. The number of amides is 1. The maximum absolute atomic E-state index is 12.3. The van der Waals surface area contributed by atoms with Crippen molar-refractivity contribution in [1.29, 1.82) is 0 Å². The van der Waals surface area contributed by atoms with E-state index in [0.29, 0.717) is 18.0 Å². The molecule has 1 aromatic carbocycles. The van der Waals surface area contributed by atoms with Crippen molar-refractivity contribution in [3.05, 3.63) is 45.9 Å². The van der Waals surface area contributed by atoms with Crippen molar-refractivity contribution >= 4 is 17.2 Å². The van der Waals surface area contributed by atoms with Crippen LogP contribution in [-0.4, -0.2) is 30.1 Å². The lowest BCUT2D eigenvalue weighted by atomic mass is 10.2. The van der Waals surface area contributed by atoms with Gasteiger partial charge in [-0.15, -0.1) is 11.3 Å². The Bertz CT molecular complexity index is 651. The Kier molecular flexibility index (Phi) is 5.25. The van der Waals surface area contributed by atoms with E-state index >= 15 is 0 Å². The molecule has 23 heavy (non-hydrogen) atoms. The molecule has 122 valence electrons. The van der Waals surface area contributed by atoms with E-state index in [-0.39, 0.29) is 12.0 Å². The standard InChI is InChI=1S/C17H20N2O3S/c1-12-16(17(20)18-10-14-8-5-9-21-14)23-15(19-12)11-22-13-6-3-2-4-7-13/h2-4,6-7,14H,5,8-11H2,1H3,(H,18,20)/t14-/m1/s1. The maximum atomic E-state index is 12.3. The molecule has 1 aromatic heterocycles. The van der Waals surface area contributed by atoms with Gasteiger partial charge in [0.15, 0.2) is 0 Å². The number of aryl methyl sites for hydroxylation is 1. The third-order valence-electron chi connectivity index (χ3n) is 3.67. The molecule has 2 aromatic rings. The molecule has 1 aliphatic heterocycles. The van der Waals surface area contributed by atoms with Gasteiger partial charge in [-0.2, -0.15) is 0 Å². The van der Waals surface area contributed by atoms with Crippen molar-refractivity contribution < 1.29 is 14.3 Å². The van der Waals surface area contributed by atoms with Crippen molar-refractivity contribution in [3.63, 3.8) is 0 Å². The molecule has 1 amide bonds. The van der Waals surface area contributed by atoms with E-state index < -0.39 is 0 Å². The number of carbonyl (C=O) groups excluding carboxylic acids is 1. The molecule has 0 bridgehead atoms. The first-order valence-corrected chi connectivity index (χ1v) is 8.58. The third kappa shape index (κ3) is 4.30. The van der Waals surface area contributed by atoms with Crippen LogP contribution in [0.5, 0.6) is 5.75 Å². The summed E-state index contributed by atoms with van der Waals surface area (Å²) in [5.41, 5.74) is 0.742. The molecule has 3 rings (SSSR count). The van der Waals surface area contributed by atoms with E-state index in [0.717, 1.165) is 35.9 Å². The van der Waals surface area contributed by atoms with Gasteiger partial charge in [0.25, 0.3) is 5.91 Å². The van der Waals surface area contributed by atoms with Gasteiger partial charge in [-0.1, -0.05) is 18.2 Å². The van der Waals surface area contributed by atoms with Crippen LogP contribution in [0.15, 0.2) is 30.3 Å². The number of nitrogens with one attached hydrogen (secondary N) is 1. The van der Waals surface area contributed by atoms with Crippen LogP contribution < -0.4 is 10.1 Å². The van der Waals surface area contributed by atoms with Gasteiger partial charge in [-0.3, -0.25) is 4.79 Å². The zero-order valence-electron chi connectivity index (χ0n) is 13.1. The Labute approximate surface area is 139 Å². The van der Waals surface area contributed by atoms with Crippen molar-refractivity contribution in [2.45, 2.75) is 32.5 Å². The smallest absolute Gasteiger partial charge is 0.263 e. The number of nitrogens with zero attached hydrogens (tertiary/aromatic N) is 1. The SMILES string of the molecule is Cc1nc(COc2ccccc2)sc1C(=O)NC[C@H]1CCCO1. The maximum Gasteiger partial charge on any atom is 0.263 e. The van der Waals surface area contributed by atoms with Crippen molar-refractivity contribution in [3.8, 4) is 5.75 Å². The molecule has 1 saturated heterocycles. The first kappa shape index (κ1) is 16.0. The zero-order valence-corrected chi connectivity index (χ0v) is 13.9. The molecule has 0 unspecified atom stereocenters. The third-order valence-corrected chi connectivity index (χ3v) is 4.80. The summed E-state index contributed by atoms with van der Waals surface area (Å²) in [7, 11) is 0. The highest BCUT2D eigenvalue weighted by Gasteiger charge is 2.19. The molecule has 0 spiro atoms. The molecule has 0 saturated carbocycles. The molecular formula is C17H20N2O3S. The lowest BCUT2D eigenvalue weighted by Gasteiger charge is -2.09. The van der Waals surface area contributed by atoms with Crippen LogP contribution in [0.4, 0.5) is 0 Å². The summed E-state index contributed by atoms with van der Waals surface area (Å²) in [5, 5.41) is 3.73. The van der Waals surface area contributed by atoms with Crippen LogP contribution in [-0.2, 0) is 11.3 Å². The summed E-state index contributed by atoms with van der Waals surface area (Å²) in [6, 6.07) is 9.58. The second kappa shape index (κ2) is 7.57. The number of rotatable bonds is 6. The molecule has 0 aliphatic carbocycles. The molecule has 1 atom stereocenters. The largest absolute Gasteiger partial charge is 0.486 e. The van der Waals surface area contributed by atoms with Crippen LogP contribution in [0.1, 0.15) is 33.2 Å². The van der Waals surface area contributed by atoms with Crippen molar-refractivity contribution in [2.75, 3.05) is 13.2 Å². The molecule has 1 aliphatic rings. The summed E-state index contributed by atoms with van der Waals surface area (Å²) in [4.78, 5) is 17.3. The molecule has 2 heterocycles. The van der Waals surface area contributed by atoms with Gasteiger partial charge in [0.2, 0.25) is 0 Å². The highest BCUT2D eigenvalue weighted by Crippen LogP contribution is 2.20. The van der Waals surface area contributed by atoms with E-state index in [2.05, 4.69) is 10.3 Å². The average Bonchev–Trinajstić information content (AvgIpc) is 3.21. The summed E-state index contributed by atoms with van der Waals surface area (Å²) in [5.74, 6) is 0.714. The number of hydrogen-bond acceptors (Lipinski definition) is 5. The second-order valence-electron chi connectivity index (χ2n) is 5.47. The van der Waals surface area contributed by atoms with Gasteiger partial charge in [0.1, 0.15) is 22.2 Å². The highest BCUT2D eigenvalue weighted by atomic mass is 32.1. The summed E-state index contributed by atoms with van der Waals surface area (Å²) in [6.07, 6.45) is 2.23. The van der Waals surface area contributed by atoms with E-state index in [4.69, 9.17) is 9.47 Å². The number of ether oxygens (including phenoxy) is 2. The Morgan fingerprint density at radius 1 is 1.43 bits per heavy atom. The van der Waals surface area contributed by atoms with Crippen molar-refractivity contribution in [1.82, 2.24) is 10.3 Å². The first-order chi connectivity index (χ1) is 11.2. The quantitative estimate of drug-likeness (QED) is 0.883. The number of aromatic nitrogens is 1. The minimum absolute atomic E-state index is 0.0820. The highest BCUT2D eigenvalue weighted by molar-refractivity contribution is 7.13. The fourth-order valence-corrected chi connectivity index (χ4v) is 3.37. The topological polar surface area (TPSA) is 60.5 Å². The molecule has 6 heteroatoms. The average molecular weight is 332 g/mol. The fraction of sp³-hybridized carbons (Fsp3) is 0.412. The van der Waals surface area contributed by atoms with E-state index in [1.807, 2.05) is 37.3 Å². The Morgan fingerprint density at radius 2 is 2.26 bits per heavy atom. The molecule has 1 N–H and O–H groups in total. The minimum atomic E-state index is -0.0820. The fourth-order valence-electron chi connectivity index (χ4n) is 2.48. The summed E-state index contributed by atoms with van der Waals surface area (Å²) in [6.45, 7) is 3.57. The predicted octanol–water partition coefficient (Wildman–Crippen LogP) is 2.94. The summed E-state index contributed by atoms with van der Waals surface area (Å²) >= 11 is 1.38. The predicted molar refractivity (Wildman–Crippen MR) is 88.9 cm³/mol. The molecular weight excluding hydrogens is 312 g/mol. The van der Waals surface area contributed by atoms with Crippen LogP contribution in [0, 0.1) is 6.92 Å². The Balaban J connectivity index is 1.55. The second-order valence-corrected chi connectivity index (χ2v) is 6.55. The zero-order chi connectivity index (χ0) is 16.1. The lowest BCUT2D eigenvalue weighted by Crippen LogP contribution is -2.31. The number of benzene rings is 1. The number of carbonyl (C=O) groups is 1. The van der Waals surface area contributed by atoms with Crippen molar-refractivity contribution in [2.24, 2.45) is 0 Å². The first-order valence-electron chi connectivity index (χ1n) is 7.76. The van der Waals surface area contributed by atoms with Gasteiger partial charge in [0.05, 0.1) is 11.8 Å². The van der Waals surface area contributed by atoms with E-state index in [1.54, 1.807) is 0 Å². The van der Waals surface area contributed by atoms with Gasteiger partial charge in [0, 0.05) is 13.2 Å². The van der Waals surface area contributed by atoms with Crippen LogP contribution in [0.25, 0.3) is 0 Å².